The smallest absolute Gasteiger partial charge is 0.255 e. The third kappa shape index (κ3) is 4.79. The molecule has 0 aliphatic carbocycles. The first kappa shape index (κ1) is 21.4. The molecule has 0 bridgehead atoms. The number of rotatable bonds is 7. The van der Waals surface area contributed by atoms with E-state index < -0.39 is 0 Å². The van der Waals surface area contributed by atoms with E-state index in [2.05, 4.69) is 20.6 Å². The maximum atomic E-state index is 13.0. The number of carbonyl (C=O) groups is 2. The van der Waals surface area contributed by atoms with Crippen LogP contribution in [0.4, 0.5) is 5.69 Å². The van der Waals surface area contributed by atoms with E-state index in [4.69, 9.17) is 4.74 Å². The summed E-state index contributed by atoms with van der Waals surface area (Å²) in [5.74, 6) is 0.786. The van der Waals surface area contributed by atoms with Crippen LogP contribution in [0.15, 0.2) is 36.4 Å². The van der Waals surface area contributed by atoms with Gasteiger partial charge >= 0.3 is 0 Å². The van der Waals surface area contributed by atoms with Crippen LogP contribution in [0.2, 0.25) is 0 Å². The summed E-state index contributed by atoms with van der Waals surface area (Å²) in [5, 5.41) is 5.85. The zero-order chi connectivity index (χ0) is 21.8. The van der Waals surface area contributed by atoms with Crippen LogP contribution in [0.3, 0.4) is 0 Å². The number of aryl methyl sites for hydroxylation is 1. The van der Waals surface area contributed by atoms with Gasteiger partial charge in [0.25, 0.3) is 5.91 Å². The highest BCUT2D eigenvalue weighted by Crippen LogP contribution is 2.25. The first-order valence-electron chi connectivity index (χ1n) is 10.1. The van der Waals surface area contributed by atoms with E-state index >= 15 is 0 Å². The number of nitrogens with one attached hydrogen (secondary N) is 3. The monoisotopic (exact) mass is 408 g/mol. The number of ether oxygens (including phenoxy) is 1. The minimum absolute atomic E-state index is 0.109. The number of anilines is 1. The number of aromatic amines is 1. The molecule has 0 fully saturated rings. The average Bonchev–Trinajstić information content (AvgIpc) is 3.08. The van der Waals surface area contributed by atoms with Crippen molar-refractivity contribution in [3.05, 3.63) is 53.3 Å². The Labute approximate surface area is 176 Å². The van der Waals surface area contributed by atoms with Gasteiger partial charge in [-0.3, -0.25) is 9.59 Å². The van der Waals surface area contributed by atoms with Gasteiger partial charge in [0.1, 0.15) is 11.6 Å². The highest BCUT2D eigenvalue weighted by atomic mass is 16.5. The van der Waals surface area contributed by atoms with Gasteiger partial charge in [0.15, 0.2) is 0 Å². The average molecular weight is 409 g/mol. The molecule has 0 saturated carbocycles. The van der Waals surface area contributed by atoms with Gasteiger partial charge in [0.05, 0.1) is 29.2 Å². The van der Waals surface area contributed by atoms with Crippen molar-refractivity contribution in [3.63, 3.8) is 0 Å². The third-order valence-corrected chi connectivity index (χ3v) is 4.79. The van der Waals surface area contributed by atoms with Gasteiger partial charge in [-0.05, 0) is 56.7 Å². The molecule has 0 saturated heterocycles. The van der Waals surface area contributed by atoms with E-state index in [9.17, 15) is 9.59 Å². The molecule has 30 heavy (non-hydrogen) atoms. The Morgan fingerprint density at radius 2 is 1.90 bits per heavy atom. The van der Waals surface area contributed by atoms with Crippen molar-refractivity contribution in [1.82, 2.24) is 15.3 Å². The van der Waals surface area contributed by atoms with E-state index in [1.54, 1.807) is 18.2 Å². The highest BCUT2D eigenvalue weighted by molar-refractivity contribution is 6.00. The van der Waals surface area contributed by atoms with Crippen LogP contribution in [0, 0.1) is 12.8 Å². The molecule has 3 N–H and O–H groups in total. The normalized spacial score (nSPS) is 12.1. The standard InChI is InChI=1S/C23H28N4O3/c1-6-30-21-10-8-17(27-22(28)13(2)3)12-18(21)23(29)24-14(4)16-7-9-19-20(11-16)26-15(5)25-19/h7-14H,6H2,1-5H3,(H,24,29)(H,25,26)(H,27,28). The lowest BCUT2D eigenvalue weighted by atomic mass is 10.1. The van der Waals surface area contributed by atoms with Gasteiger partial charge in [0.2, 0.25) is 5.91 Å². The molecule has 1 atom stereocenters. The van der Waals surface area contributed by atoms with Crippen LogP contribution in [-0.2, 0) is 4.79 Å². The van der Waals surface area contributed by atoms with Crippen molar-refractivity contribution in [1.29, 1.82) is 0 Å². The van der Waals surface area contributed by atoms with Crippen molar-refractivity contribution in [3.8, 4) is 5.75 Å². The summed E-state index contributed by atoms with van der Waals surface area (Å²) >= 11 is 0. The highest BCUT2D eigenvalue weighted by Gasteiger charge is 2.18. The fourth-order valence-electron chi connectivity index (χ4n) is 3.14. The first-order chi connectivity index (χ1) is 14.3. The number of benzene rings is 2. The summed E-state index contributed by atoms with van der Waals surface area (Å²) in [6, 6.07) is 10.7. The summed E-state index contributed by atoms with van der Waals surface area (Å²) in [6.45, 7) is 9.76. The molecule has 1 unspecified atom stereocenters. The fourth-order valence-corrected chi connectivity index (χ4v) is 3.14. The van der Waals surface area contributed by atoms with E-state index in [0.717, 1.165) is 22.4 Å². The molecule has 1 heterocycles. The Bertz CT molecular complexity index is 1070. The number of carbonyl (C=O) groups excluding carboxylic acids is 2. The first-order valence-corrected chi connectivity index (χ1v) is 10.1. The van der Waals surface area contributed by atoms with Crippen LogP contribution in [0.25, 0.3) is 11.0 Å². The van der Waals surface area contributed by atoms with Gasteiger partial charge in [-0.15, -0.1) is 0 Å². The largest absolute Gasteiger partial charge is 0.493 e. The summed E-state index contributed by atoms with van der Waals surface area (Å²) in [5.41, 5.74) is 3.72. The molecule has 2 amide bonds. The van der Waals surface area contributed by atoms with Crippen LogP contribution >= 0.6 is 0 Å². The van der Waals surface area contributed by atoms with Crippen molar-refractivity contribution >= 4 is 28.5 Å². The topological polar surface area (TPSA) is 96.1 Å². The lowest BCUT2D eigenvalue weighted by molar-refractivity contribution is -0.118. The number of H-pyrrole nitrogens is 1. The Hall–Kier alpha value is -3.35. The van der Waals surface area contributed by atoms with E-state index in [-0.39, 0.29) is 23.8 Å². The van der Waals surface area contributed by atoms with Gasteiger partial charge in [-0.25, -0.2) is 4.98 Å². The van der Waals surface area contributed by atoms with Crippen molar-refractivity contribution in [2.45, 2.75) is 40.7 Å². The second-order valence-electron chi connectivity index (χ2n) is 7.58. The molecule has 7 heteroatoms. The predicted octanol–water partition coefficient (Wildman–Crippen LogP) is 4.36. The number of fused-ring (bicyclic) bond motifs is 1. The molecule has 7 nitrogen and oxygen atoms in total. The molecule has 3 rings (SSSR count). The summed E-state index contributed by atoms with van der Waals surface area (Å²) in [6.07, 6.45) is 0. The number of nitrogens with zero attached hydrogens (tertiary/aromatic N) is 1. The summed E-state index contributed by atoms with van der Waals surface area (Å²) < 4.78 is 5.63. The van der Waals surface area contributed by atoms with E-state index in [1.807, 2.05) is 52.8 Å². The second-order valence-corrected chi connectivity index (χ2v) is 7.58. The number of hydrogen-bond donors (Lipinski definition) is 3. The summed E-state index contributed by atoms with van der Waals surface area (Å²) in [7, 11) is 0. The minimum Gasteiger partial charge on any atom is -0.493 e. The second kappa shape index (κ2) is 8.98. The van der Waals surface area contributed by atoms with Gasteiger partial charge in [-0.1, -0.05) is 19.9 Å². The molecule has 1 aromatic heterocycles. The lowest BCUT2D eigenvalue weighted by Gasteiger charge is -2.17. The van der Waals surface area contributed by atoms with Crippen LogP contribution in [0.5, 0.6) is 5.75 Å². The zero-order valence-corrected chi connectivity index (χ0v) is 18.0. The molecule has 0 spiro atoms. The van der Waals surface area contributed by atoms with Gasteiger partial charge in [-0.2, -0.15) is 0 Å². The molecule has 3 aromatic rings. The van der Waals surface area contributed by atoms with Gasteiger partial charge < -0.3 is 20.4 Å². The Morgan fingerprint density at radius 1 is 1.13 bits per heavy atom. The quantitative estimate of drug-likeness (QED) is 0.541. The van der Waals surface area contributed by atoms with Crippen molar-refractivity contribution in [2.75, 3.05) is 11.9 Å². The molecule has 0 aliphatic heterocycles. The molecule has 158 valence electrons. The molecule has 0 aliphatic rings. The number of aromatic nitrogens is 2. The Kier molecular flexibility index (Phi) is 6.40. The summed E-state index contributed by atoms with van der Waals surface area (Å²) in [4.78, 5) is 32.7. The Balaban J connectivity index is 1.83. The maximum Gasteiger partial charge on any atom is 0.255 e. The third-order valence-electron chi connectivity index (χ3n) is 4.79. The van der Waals surface area contributed by atoms with Crippen LogP contribution in [0.1, 0.15) is 55.5 Å². The lowest BCUT2D eigenvalue weighted by Crippen LogP contribution is -2.27. The van der Waals surface area contributed by atoms with Gasteiger partial charge in [0, 0.05) is 11.6 Å². The van der Waals surface area contributed by atoms with Crippen LogP contribution in [-0.4, -0.2) is 28.4 Å². The maximum absolute atomic E-state index is 13.0. The fraction of sp³-hybridized carbons (Fsp3) is 0.348. The minimum atomic E-state index is -0.271. The van der Waals surface area contributed by atoms with Crippen molar-refractivity contribution in [2.24, 2.45) is 5.92 Å². The number of imidazole rings is 1. The predicted molar refractivity (Wildman–Crippen MR) is 118 cm³/mol. The molecule has 2 aromatic carbocycles. The van der Waals surface area contributed by atoms with Crippen LogP contribution < -0.4 is 15.4 Å². The number of hydrogen-bond acceptors (Lipinski definition) is 4. The number of amides is 2. The van der Waals surface area contributed by atoms with E-state index in [0.29, 0.717) is 23.6 Å². The molecular weight excluding hydrogens is 380 g/mol. The zero-order valence-electron chi connectivity index (χ0n) is 18.0. The molecular formula is C23H28N4O3. The molecule has 0 radical (unpaired) electrons. The SMILES string of the molecule is CCOc1ccc(NC(=O)C(C)C)cc1C(=O)NC(C)c1ccc2nc(C)[nH]c2c1. The Morgan fingerprint density at radius 3 is 2.60 bits per heavy atom. The van der Waals surface area contributed by atoms with Crippen molar-refractivity contribution < 1.29 is 14.3 Å². The van der Waals surface area contributed by atoms with E-state index in [1.165, 1.54) is 0 Å².